The molecule has 3 rings (SSSR count). The molecule has 3 aromatic carbocycles. The van der Waals surface area contributed by atoms with Gasteiger partial charge in [0.2, 0.25) is 11.8 Å². The molecule has 2 amide bonds. The summed E-state index contributed by atoms with van der Waals surface area (Å²) in [6.07, 6.45) is 0.661. The zero-order chi connectivity index (χ0) is 24.6. The lowest BCUT2D eigenvalue weighted by atomic mass is 9.92. The Morgan fingerprint density at radius 1 is 0.824 bits per heavy atom. The number of anilines is 1. The molecule has 0 saturated carbocycles. The Hall–Kier alpha value is -3.80. The molecular weight excluding hydrogens is 428 g/mol. The van der Waals surface area contributed by atoms with E-state index in [1.54, 1.807) is 43.4 Å². The molecule has 0 fully saturated rings. The van der Waals surface area contributed by atoms with E-state index in [1.807, 2.05) is 68.4 Å². The van der Waals surface area contributed by atoms with E-state index >= 15 is 0 Å². The molecule has 34 heavy (non-hydrogen) atoms. The van der Waals surface area contributed by atoms with Crippen molar-refractivity contribution >= 4 is 17.5 Å². The quantitative estimate of drug-likeness (QED) is 0.458. The number of hydrogen-bond donors (Lipinski definition) is 1. The van der Waals surface area contributed by atoms with E-state index in [0.29, 0.717) is 24.4 Å². The first-order valence-electron chi connectivity index (χ1n) is 11.3. The Bertz CT molecular complexity index is 1080. The zero-order valence-corrected chi connectivity index (χ0v) is 20.2. The van der Waals surface area contributed by atoms with Gasteiger partial charge in [0.15, 0.2) is 0 Å². The minimum absolute atomic E-state index is 0.115. The van der Waals surface area contributed by atoms with Gasteiger partial charge >= 0.3 is 0 Å². The van der Waals surface area contributed by atoms with Gasteiger partial charge in [-0.15, -0.1) is 0 Å². The summed E-state index contributed by atoms with van der Waals surface area (Å²) in [4.78, 5) is 28.8. The first-order valence-corrected chi connectivity index (χ1v) is 11.3. The molecule has 0 heterocycles. The Labute approximate surface area is 201 Å². The van der Waals surface area contributed by atoms with Crippen molar-refractivity contribution in [3.8, 4) is 11.5 Å². The van der Waals surface area contributed by atoms with Crippen LogP contribution >= 0.6 is 0 Å². The lowest BCUT2D eigenvalue weighted by molar-refractivity contribution is -0.145. The molecule has 0 aromatic heterocycles. The summed E-state index contributed by atoms with van der Waals surface area (Å²) in [5.74, 6) is 1.09. The lowest BCUT2D eigenvalue weighted by Gasteiger charge is -2.40. The molecule has 0 aliphatic carbocycles. The van der Waals surface area contributed by atoms with E-state index in [9.17, 15) is 9.59 Å². The minimum Gasteiger partial charge on any atom is -0.497 e. The van der Waals surface area contributed by atoms with Gasteiger partial charge in [-0.25, -0.2) is 0 Å². The maximum atomic E-state index is 13.6. The SMILES string of the molecule is CCC(C)(C(=O)Nc1ccc(OC)cc1)N(Cc1ccc(OC)cc1)C(=O)Cc1ccccc1. The highest BCUT2D eigenvalue weighted by molar-refractivity contribution is 6.00. The van der Waals surface area contributed by atoms with Crippen molar-refractivity contribution in [3.63, 3.8) is 0 Å². The highest BCUT2D eigenvalue weighted by Crippen LogP contribution is 2.27. The smallest absolute Gasteiger partial charge is 0.250 e. The van der Waals surface area contributed by atoms with E-state index in [0.717, 1.165) is 16.9 Å². The zero-order valence-electron chi connectivity index (χ0n) is 20.2. The molecule has 6 nitrogen and oxygen atoms in total. The molecular formula is C28H32N2O4. The summed E-state index contributed by atoms with van der Waals surface area (Å²) in [5, 5.41) is 2.98. The van der Waals surface area contributed by atoms with Crippen LogP contribution in [0.5, 0.6) is 11.5 Å². The molecule has 0 aliphatic rings. The number of nitrogens with one attached hydrogen (secondary N) is 1. The summed E-state index contributed by atoms with van der Waals surface area (Å²) in [6.45, 7) is 4.04. The molecule has 6 heteroatoms. The summed E-state index contributed by atoms with van der Waals surface area (Å²) < 4.78 is 10.5. The molecule has 0 spiro atoms. The third-order valence-electron chi connectivity index (χ3n) is 6.12. The van der Waals surface area contributed by atoms with Crippen LogP contribution in [0.2, 0.25) is 0 Å². The average Bonchev–Trinajstić information content (AvgIpc) is 2.88. The maximum absolute atomic E-state index is 13.6. The topological polar surface area (TPSA) is 67.9 Å². The van der Waals surface area contributed by atoms with Crippen LogP contribution in [-0.2, 0) is 22.6 Å². The standard InChI is InChI=1S/C28H32N2O4/c1-5-28(2,27(32)29-23-13-17-25(34-4)18-14-23)30(20-22-11-15-24(33-3)16-12-22)26(31)19-21-9-7-6-8-10-21/h6-18H,5,19-20H2,1-4H3,(H,29,32). The highest BCUT2D eigenvalue weighted by atomic mass is 16.5. The van der Waals surface area contributed by atoms with E-state index in [-0.39, 0.29) is 18.2 Å². The summed E-state index contributed by atoms with van der Waals surface area (Å²) in [6, 6.07) is 24.3. The van der Waals surface area contributed by atoms with E-state index < -0.39 is 5.54 Å². The van der Waals surface area contributed by atoms with E-state index in [2.05, 4.69) is 5.32 Å². The molecule has 0 bridgehead atoms. The van der Waals surface area contributed by atoms with Crippen LogP contribution in [0.25, 0.3) is 0 Å². The van der Waals surface area contributed by atoms with E-state index in [1.165, 1.54) is 0 Å². The predicted molar refractivity (Wildman–Crippen MR) is 134 cm³/mol. The number of nitrogens with zero attached hydrogens (tertiary/aromatic N) is 1. The lowest BCUT2D eigenvalue weighted by Crippen LogP contribution is -2.56. The van der Waals surface area contributed by atoms with Crippen LogP contribution in [0.1, 0.15) is 31.4 Å². The Morgan fingerprint density at radius 2 is 1.38 bits per heavy atom. The van der Waals surface area contributed by atoms with Crippen molar-refractivity contribution in [2.75, 3.05) is 19.5 Å². The third kappa shape index (κ3) is 5.95. The Kier molecular flexibility index (Phi) is 8.30. The van der Waals surface area contributed by atoms with Crippen molar-refractivity contribution in [3.05, 3.63) is 90.0 Å². The monoisotopic (exact) mass is 460 g/mol. The van der Waals surface area contributed by atoms with Gasteiger partial charge in [-0.05, 0) is 60.9 Å². The second-order valence-electron chi connectivity index (χ2n) is 8.30. The number of hydrogen-bond acceptors (Lipinski definition) is 4. The van der Waals surface area contributed by atoms with Crippen LogP contribution in [-0.4, -0.2) is 36.5 Å². The van der Waals surface area contributed by atoms with Gasteiger partial charge in [-0.3, -0.25) is 9.59 Å². The fourth-order valence-electron chi connectivity index (χ4n) is 3.73. The maximum Gasteiger partial charge on any atom is 0.250 e. The average molecular weight is 461 g/mol. The van der Waals surface area contributed by atoms with Gasteiger partial charge in [-0.1, -0.05) is 49.4 Å². The predicted octanol–water partition coefficient (Wildman–Crippen LogP) is 5.08. The van der Waals surface area contributed by atoms with Gasteiger partial charge in [0.1, 0.15) is 17.0 Å². The summed E-state index contributed by atoms with van der Waals surface area (Å²) in [5.41, 5.74) is 1.40. The Morgan fingerprint density at radius 3 is 1.91 bits per heavy atom. The number of amides is 2. The number of methoxy groups -OCH3 is 2. The van der Waals surface area contributed by atoms with Gasteiger partial charge in [0.25, 0.3) is 0 Å². The molecule has 0 aliphatic heterocycles. The molecule has 3 aromatic rings. The highest BCUT2D eigenvalue weighted by Gasteiger charge is 2.40. The molecule has 0 saturated heterocycles. The first kappa shape index (κ1) is 24.8. The van der Waals surface area contributed by atoms with E-state index in [4.69, 9.17) is 9.47 Å². The normalized spacial score (nSPS) is 12.4. The van der Waals surface area contributed by atoms with Crippen LogP contribution in [0, 0.1) is 0 Å². The van der Waals surface area contributed by atoms with Crippen LogP contribution < -0.4 is 14.8 Å². The Balaban J connectivity index is 1.90. The fourth-order valence-corrected chi connectivity index (χ4v) is 3.73. The second-order valence-corrected chi connectivity index (χ2v) is 8.30. The van der Waals surface area contributed by atoms with Crippen molar-refractivity contribution in [1.29, 1.82) is 0 Å². The number of benzene rings is 3. The first-order chi connectivity index (χ1) is 16.4. The number of rotatable bonds is 10. The van der Waals surface area contributed by atoms with Crippen molar-refractivity contribution < 1.29 is 19.1 Å². The molecule has 1 atom stereocenters. The molecule has 0 radical (unpaired) electrons. The molecule has 1 unspecified atom stereocenters. The number of ether oxygens (including phenoxy) is 2. The largest absolute Gasteiger partial charge is 0.497 e. The van der Waals surface area contributed by atoms with Gasteiger partial charge < -0.3 is 19.7 Å². The minimum atomic E-state index is -1.06. The van der Waals surface area contributed by atoms with Crippen LogP contribution in [0.3, 0.4) is 0 Å². The van der Waals surface area contributed by atoms with Crippen molar-refractivity contribution in [1.82, 2.24) is 4.90 Å². The van der Waals surface area contributed by atoms with Crippen LogP contribution in [0.15, 0.2) is 78.9 Å². The summed E-state index contributed by atoms with van der Waals surface area (Å²) in [7, 11) is 3.21. The van der Waals surface area contributed by atoms with Crippen molar-refractivity contribution in [2.45, 2.75) is 38.8 Å². The number of carbonyl (C=O) groups excluding carboxylic acids is 2. The molecule has 1 N–H and O–H groups in total. The second kappa shape index (κ2) is 11.4. The van der Waals surface area contributed by atoms with Crippen LogP contribution in [0.4, 0.5) is 5.69 Å². The van der Waals surface area contributed by atoms with Gasteiger partial charge in [0, 0.05) is 12.2 Å². The number of carbonyl (C=O) groups is 2. The van der Waals surface area contributed by atoms with Crippen molar-refractivity contribution in [2.24, 2.45) is 0 Å². The fraction of sp³-hybridized carbons (Fsp3) is 0.286. The van der Waals surface area contributed by atoms with Gasteiger partial charge in [0.05, 0.1) is 20.6 Å². The van der Waals surface area contributed by atoms with Gasteiger partial charge in [-0.2, -0.15) is 0 Å². The third-order valence-corrected chi connectivity index (χ3v) is 6.12. The molecule has 178 valence electrons. The summed E-state index contributed by atoms with van der Waals surface area (Å²) >= 11 is 0.